The smallest absolute Gasteiger partial charge is 0.227 e. The van der Waals surface area contributed by atoms with E-state index >= 15 is 0 Å². The van der Waals surface area contributed by atoms with Crippen molar-refractivity contribution in [1.29, 1.82) is 0 Å². The highest BCUT2D eigenvalue weighted by molar-refractivity contribution is 5.95. The summed E-state index contributed by atoms with van der Waals surface area (Å²) in [5.41, 5.74) is 2.85. The summed E-state index contributed by atoms with van der Waals surface area (Å²) in [6.45, 7) is 2.39. The zero-order valence-electron chi connectivity index (χ0n) is 16.0. The van der Waals surface area contributed by atoms with Gasteiger partial charge in [-0.15, -0.1) is 0 Å². The molecule has 6 heteroatoms. The minimum Gasteiger partial charge on any atom is -0.486 e. The highest BCUT2D eigenvalue weighted by Crippen LogP contribution is 2.31. The second-order valence-electron chi connectivity index (χ2n) is 7.22. The van der Waals surface area contributed by atoms with Crippen molar-refractivity contribution in [1.82, 2.24) is 4.90 Å². The van der Waals surface area contributed by atoms with Gasteiger partial charge in [-0.2, -0.15) is 0 Å². The Bertz CT molecular complexity index is 879. The molecule has 0 N–H and O–H groups in total. The predicted molar refractivity (Wildman–Crippen MR) is 106 cm³/mol. The van der Waals surface area contributed by atoms with Crippen LogP contribution in [0.15, 0.2) is 42.5 Å². The quantitative estimate of drug-likeness (QED) is 0.800. The van der Waals surface area contributed by atoms with Crippen LogP contribution in [0.3, 0.4) is 0 Å². The molecule has 0 bridgehead atoms. The summed E-state index contributed by atoms with van der Waals surface area (Å²) in [5, 5.41) is 0. The Balaban J connectivity index is 1.36. The zero-order valence-corrected chi connectivity index (χ0v) is 16.0. The number of likely N-dealkylation sites (N-methyl/N-ethyl adjacent to an activating group) is 1. The first kappa shape index (κ1) is 18.3. The molecule has 2 heterocycles. The number of nitrogens with zero attached hydrogens (tertiary/aromatic N) is 2. The standard InChI is InChI=1S/C22H24N2O4/c1-23(15-17-6-9-19-20(13-17)28-12-11-27-19)22(26)14-16-4-7-18(8-5-16)24-10-2-3-21(24)25/h4-9,13H,2-3,10-12,14-15H2,1H3. The van der Waals surface area contributed by atoms with E-state index in [2.05, 4.69) is 0 Å². The second kappa shape index (κ2) is 7.92. The summed E-state index contributed by atoms with van der Waals surface area (Å²) in [4.78, 5) is 28.0. The van der Waals surface area contributed by atoms with E-state index in [0.717, 1.165) is 41.3 Å². The first-order chi connectivity index (χ1) is 13.6. The third-order valence-corrected chi connectivity index (χ3v) is 5.13. The molecule has 0 aliphatic carbocycles. The van der Waals surface area contributed by atoms with Crippen molar-refractivity contribution >= 4 is 17.5 Å². The van der Waals surface area contributed by atoms with Crippen LogP contribution in [0.25, 0.3) is 0 Å². The molecule has 28 heavy (non-hydrogen) atoms. The van der Waals surface area contributed by atoms with E-state index in [9.17, 15) is 9.59 Å². The number of rotatable bonds is 5. The Morgan fingerprint density at radius 3 is 2.46 bits per heavy atom. The van der Waals surface area contributed by atoms with Gasteiger partial charge in [-0.25, -0.2) is 0 Å². The minimum atomic E-state index is 0.0416. The molecule has 0 atom stereocenters. The summed E-state index contributed by atoms with van der Waals surface area (Å²) in [6, 6.07) is 13.5. The van der Waals surface area contributed by atoms with Gasteiger partial charge in [-0.05, 0) is 41.8 Å². The Morgan fingerprint density at radius 1 is 1.04 bits per heavy atom. The molecule has 146 valence electrons. The summed E-state index contributed by atoms with van der Waals surface area (Å²) in [6.07, 6.45) is 1.85. The van der Waals surface area contributed by atoms with Crippen LogP contribution in [-0.2, 0) is 22.6 Å². The molecule has 6 nitrogen and oxygen atoms in total. The molecule has 2 aliphatic rings. The lowest BCUT2D eigenvalue weighted by Crippen LogP contribution is -2.28. The molecule has 4 rings (SSSR count). The number of benzene rings is 2. The molecular weight excluding hydrogens is 356 g/mol. The number of carbonyl (C=O) groups excluding carboxylic acids is 2. The van der Waals surface area contributed by atoms with Gasteiger partial charge >= 0.3 is 0 Å². The van der Waals surface area contributed by atoms with Crippen LogP contribution in [0.1, 0.15) is 24.0 Å². The SMILES string of the molecule is CN(Cc1ccc2c(c1)OCCO2)C(=O)Cc1ccc(N2CCCC2=O)cc1. The number of fused-ring (bicyclic) bond motifs is 1. The first-order valence-corrected chi connectivity index (χ1v) is 9.62. The lowest BCUT2D eigenvalue weighted by atomic mass is 10.1. The van der Waals surface area contributed by atoms with Crippen LogP contribution in [0.4, 0.5) is 5.69 Å². The zero-order chi connectivity index (χ0) is 19.5. The maximum absolute atomic E-state index is 12.6. The first-order valence-electron chi connectivity index (χ1n) is 9.62. The van der Waals surface area contributed by atoms with Crippen molar-refractivity contribution in [3.63, 3.8) is 0 Å². The van der Waals surface area contributed by atoms with Gasteiger partial charge < -0.3 is 19.3 Å². The molecule has 2 aromatic rings. The monoisotopic (exact) mass is 380 g/mol. The van der Waals surface area contributed by atoms with Crippen molar-refractivity contribution in [2.45, 2.75) is 25.8 Å². The number of anilines is 1. The maximum Gasteiger partial charge on any atom is 0.227 e. The van der Waals surface area contributed by atoms with E-state index < -0.39 is 0 Å². The number of amides is 2. The van der Waals surface area contributed by atoms with Crippen molar-refractivity contribution in [2.75, 3.05) is 31.7 Å². The van der Waals surface area contributed by atoms with E-state index in [1.165, 1.54) is 0 Å². The fraction of sp³-hybridized carbons (Fsp3) is 0.364. The lowest BCUT2D eigenvalue weighted by Gasteiger charge is -2.21. The van der Waals surface area contributed by atoms with E-state index in [1.807, 2.05) is 42.5 Å². The van der Waals surface area contributed by atoms with E-state index in [0.29, 0.717) is 32.6 Å². The van der Waals surface area contributed by atoms with Gasteiger partial charge in [-0.1, -0.05) is 18.2 Å². The fourth-order valence-corrected chi connectivity index (χ4v) is 3.57. The summed E-state index contributed by atoms with van der Waals surface area (Å²) in [5.74, 6) is 1.69. The highest BCUT2D eigenvalue weighted by Gasteiger charge is 2.21. The van der Waals surface area contributed by atoms with Gasteiger partial charge in [0.25, 0.3) is 0 Å². The Morgan fingerprint density at radius 2 is 1.75 bits per heavy atom. The van der Waals surface area contributed by atoms with Gasteiger partial charge in [0.15, 0.2) is 11.5 Å². The average molecular weight is 380 g/mol. The molecule has 0 radical (unpaired) electrons. The normalized spacial score (nSPS) is 15.6. The largest absolute Gasteiger partial charge is 0.486 e. The molecule has 0 spiro atoms. The van der Waals surface area contributed by atoms with Gasteiger partial charge in [-0.3, -0.25) is 9.59 Å². The van der Waals surface area contributed by atoms with Gasteiger partial charge in [0.05, 0.1) is 6.42 Å². The topological polar surface area (TPSA) is 59.1 Å². The molecule has 1 saturated heterocycles. The lowest BCUT2D eigenvalue weighted by molar-refractivity contribution is -0.129. The molecular formula is C22H24N2O4. The third-order valence-electron chi connectivity index (χ3n) is 5.13. The van der Waals surface area contributed by atoms with Gasteiger partial charge in [0.2, 0.25) is 11.8 Å². The molecule has 2 aromatic carbocycles. The van der Waals surface area contributed by atoms with Crippen molar-refractivity contribution in [3.05, 3.63) is 53.6 Å². The average Bonchev–Trinajstić information content (AvgIpc) is 3.14. The van der Waals surface area contributed by atoms with Crippen molar-refractivity contribution in [3.8, 4) is 11.5 Å². The van der Waals surface area contributed by atoms with Gasteiger partial charge in [0.1, 0.15) is 13.2 Å². The molecule has 2 amide bonds. The number of hydrogen-bond acceptors (Lipinski definition) is 4. The minimum absolute atomic E-state index is 0.0416. The maximum atomic E-state index is 12.6. The summed E-state index contributed by atoms with van der Waals surface area (Å²) < 4.78 is 11.1. The Labute approximate surface area is 164 Å². The predicted octanol–water partition coefficient (Wildman–Crippen LogP) is 2.79. The van der Waals surface area contributed by atoms with Crippen LogP contribution < -0.4 is 14.4 Å². The molecule has 0 saturated carbocycles. The molecule has 0 unspecified atom stereocenters. The van der Waals surface area contributed by atoms with E-state index in [4.69, 9.17) is 9.47 Å². The molecule has 2 aliphatic heterocycles. The number of carbonyl (C=O) groups is 2. The van der Waals surface area contributed by atoms with Crippen LogP contribution in [-0.4, -0.2) is 43.5 Å². The van der Waals surface area contributed by atoms with Crippen molar-refractivity contribution < 1.29 is 19.1 Å². The third kappa shape index (κ3) is 3.96. The Kier molecular flexibility index (Phi) is 5.19. The van der Waals surface area contributed by atoms with Crippen LogP contribution in [0, 0.1) is 0 Å². The molecule has 0 aromatic heterocycles. The van der Waals surface area contributed by atoms with Gasteiger partial charge in [0, 0.05) is 32.2 Å². The summed E-state index contributed by atoms with van der Waals surface area (Å²) >= 11 is 0. The van der Waals surface area contributed by atoms with Crippen LogP contribution in [0.5, 0.6) is 11.5 Å². The molecule has 1 fully saturated rings. The van der Waals surface area contributed by atoms with E-state index in [-0.39, 0.29) is 11.8 Å². The van der Waals surface area contributed by atoms with Crippen molar-refractivity contribution in [2.24, 2.45) is 0 Å². The van der Waals surface area contributed by atoms with Crippen LogP contribution in [0.2, 0.25) is 0 Å². The highest BCUT2D eigenvalue weighted by atomic mass is 16.6. The Hall–Kier alpha value is -3.02. The van der Waals surface area contributed by atoms with E-state index in [1.54, 1.807) is 16.8 Å². The second-order valence-corrected chi connectivity index (χ2v) is 7.22. The number of ether oxygens (including phenoxy) is 2. The number of hydrogen-bond donors (Lipinski definition) is 0. The fourth-order valence-electron chi connectivity index (χ4n) is 3.57. The summed E-state index contributed by atoms with van der Waals surface area (Å²) in [7, 11) is 1.80. The van der Waals surface area contributed by atoms with Crippen LogP contribution >= 0.6 is 0 Å².